The standard InChI is InChI=1S/C20H19N5OS2/c1-2-9-25-19(26)16(12-14-7-6-11-27-14)28-20(25)15(13-21)18-23-22-17-8-4-3-5-10-24(17)18/h2,6-7,11-12H,1,3-5,8-10H2/b16-12-,20-15-. The number of thiophene rings is 1. The van der Waals surface area contributed by atoms with E-state index in [0.717, 1.165) is 42.9 Å². The van der Waals surface area contributed by atoms with Crippen LogP contribution >= 0.6 is 22.7 Å². The Labute approximate surface area is 170 Å². The van der Waals surface area contributed by atoms with Gasteiger partial charge in [-0.15, -0.1) is 39.4 Å². The minimum atomic E-state index is -0.114. The highest BCUT2D eigenvalue weighted by molar-refractivity contribution is 7.11. The van der Waals surface area contributed by atoms with Gasteiger partial charge >= 0.3 is 0 Å². The average Bonchev–Trinajstić information content (AvgIpc) is 3.37. The summed E-state index contributed by atoms with van der Waals surface area (Å²) in [5, 5.41) is 20.6. The van der Waals surface area contributed by atoms with Crippen LogP contribution in [-0.2, 0) is 19.5 Å². The van der Waals surface area contributed by atoms with Crippen molar-refractivity contribution in [3.05, 3.63) is 66.2 Å². The van der Waals surface area contributed by atoms with Gasteiger partial charge in [0.05, 0.1) is 4.53 Å². The van der Waals surface area contributed by atoms with Crippen LogP contribution in [0.4, 0.5) is 0 Å². The third kappa shape index (κ3) is 3.39. The number of hydrogen-bond donors (Lipinski definition) is 0. The highest BCUT2D eigenvalue weighted by atomic mass is 32.1. The number of nitrogens with zero attached hydrogens (tertiary/aromatic N) is 5. The molecule has 3 aromatic heterocycles. The fraction of sp³-hybridized carbons (Fsp3) is 0.300. The molecule has 8 heteroatoms. The molecule has 0 unspecified atom stereocenters. The molecule has 0 spiro atoms. The van der Waals surface area contributed by atoms with Crippen LogP contribution in [0.5, 0.6) is 0 Å². The predicted molar refractivity (Wildman–Crippen MR) is 112 cm³/mol. The zero-order chi connectivity index (χ0) is 19.5. The summed E-state index contributed by atoms with van der Waals surface area (Å²) in [6, 6.07) is 6.20. The van der Waals surface area contributed by atoms with E-state index in [1.165, 1.54) is 11.3 Å². The lowest BCUT2D eigenvalue weighted by Gasteiger charge is -2.06. The molecule has 1 aliphatic rings. The number of allylic oxidation sites excluding steroid dienone is 1. The first-order valence-corrected chi connectivity index (χ1v) is 10.8. The van der Waals surface area contributed by atoms with Gasteiger partial charge in [-0.05, 0) is 30.4 Å². The molecular weight excluding hydrogens is 390 g/mol. The number of aromatic nitrogens is 4. The molecular formula is C20H19N5OS2. The molecule has 4 rings (SSSR count). The maximum atomic E-state index is 13.0. The lowest BCUT2D eigenvalue weighted by atomic mass is 10.2. The smallest absolute Gasteiger partial charge is 0.269 e. The van der Waals surface area contributed by atoms with E-state index in [9.17, 15) is 10.1 Å². The largest absolute Gasteiger partial charge is 0.310 e. The summed E-state index contributed by atoms with van der Waals surface area (Å²) in [6.07, 6.45) is 7.68. The van der Waals surface area contributed by atoms with Crippen molar-refractivity contribution in [2.45, 2.75) is 38.8 Å². The number of nitriles is 1. The second-order valence-electron chi connectivity index (χ2n) is 6.52. The van der Waals surface area contributed by atoms with Gasteiger partial charge in [0.15, 0.2) is 5.82 Å². The van der Waals surface area contributed by atoms with Gasteiger partial charge < -0.3 is 4.57 Å². The zero-order valence-corrected chi connectivity index (χ0v) is 16.9. The molecule has 0 N–H and O–H groups in total. The minimum absolute atomic E-state index is 0.114. The van der Waals surface area contributed by atoms with Crippen LogP contribution in [0.2, 0.25) is 0 Å². The molecule has 0 radical (unpaired) electrons. The molecule has 0 atom stereocenters. The monoisotopic (exact) mass is 409 g/mol. The van der Waals surface area contributed by atoms with Gasteiger partial charge in [-0.1, -0.05) is 18.6 Å². The van der Waals surface area contributed by atoms with E-state index in [1.807, 2.05) is 28.2 Å². The summed E-state index contributed by atoms with van der Waals surface area (Å²) in [5.74, 6) is 1.47. The van der Waals surface area contributed by atoms with Crippen LogP contribution in [-0.4, -0.2) is 19.3 Å². The molecule has 1 aliphatic heterocycles. The van der Waals surface area contributed by atoms with E-state index in [2.05, 4.69) is 22.8 Å². The Bertz CT molecular complexity index is 1220. The fourth-order valence-electron chi connectivity index (χ4n) is 3.37. The van der Waals surface area contributed by atoms with Gasteiger partial charge in [-0.3, -0.25) is 9.36 Å². The van der Waals surface area contributed by atoms with Crippen LogP contribution in [0, 0.1) is 11.3 Å². The molecule has 0 bridgehead atoms. The summed E-state index contributed by atoms with van der Waals surface area (Å²) in [4.78, 5) is 14.0. The summed E-state index contributed by atoms with van der Waals surface area (Å²) in [5.41, 5.74) is 0.284. The molecule has 0 aliphatic carbocycles. The molecule has 142 valence electrons. The number of fused-ring (bicyclic) bond motifs is 1. The Balaban J connectivity index is 1.99. The van der Waals surface area contributed by atoms with Crippen molar-refractivity contribution in [3.8, 4) is 6.07 Å². The van der Waals surface area contributed by atoms with Crippen molar-refractivity contribution >= 4 is 34.3 Å². The topological polar surface area (TPSA) is 76.5 Å². The van der Waals surface area contributed by atoms with Crippen LogP contribution in [0.25, 0.3) is 11.6 Å². The number of rotatable bonds is 4. The van der Waals surface area contributed by atoms with E-state index in [4.69, 9.17) is 0 Å². The predicted octanol–water partition coefficient (Wildman–Crippen LogP) is 2.03. The molecule has 0 aromatic carbocycles. The molecule has 4 heterocycles. The van der Waals surface area contributed by atoms with E-state index in [1.54, 1.807) is 22.0 Å². The van der Waals surface area contributed by atoms with Gasteiger partial charge in [-0.2, -0.15) is 5.26 Å². The third-order valence-corrected chi connectivity index (χ3v) is 6.64. The fourth-order valence-corrected chi connectivity index (χ4v) is 5.20. The highest BCUT2D eigenvalue weighted by Crippen LogP contribution is 2.18. The van der Waals surface area contributed by atoms with E-state index < -0.39 is 0 Å². The van der Waals surface area contributed by atoms with Gasteiger partial charge in [0, 0.05) is 24.4 Å². The number of hydrogen-bond acceptors (Lipinski definition) is 6. The van der Waals surface area contributed by atoms with Crippen molar-refractivity contribution in [1.29, 1.82) is 5.26 Å². The Morgan fingerprint density at radius 2 is 2.25 bits per heavy atom. The number of thiazole rings is 1. The van der Waals surface area contributed by atoms with Crippen LogP contribution in [0.15, 0.2) is 35.0 Å². The van der Waals surface area contributed by atoms with Crippen molar-refractivity contribution in [2.24, 2.45) is 0 Å². The Morgan fingerprint density at radius 1 is 1.36 bits per heavy atom. The zero-order valence-electron chi connectivity index (χ0n) is 15.3. The van der Waals surface area contributed by atoms with Gasteiger partial charge in [0.2, 0.25) is 0 Å². The van der Waals surface area contributed by atoms with Crippen molar-refractivity contribution in [1.82, 2.24) is 19.3 Å². The molecule has 0 saturated carbocycles. The van der Waals surface area contributed by atoms with Crippen molar-refractivity contribution in [3.63, 3.8) is 0 Å². The Morgan fingerprint density at radius 3 is 3.00 bits per heavy atom. The lowest BCUT2D eigenvalue weighted by molar-refractivity contribution is 0.626. The van der Waals surface area contributed by atoms with Gasteiger partial charge in [0.1, 0.15) is 22.1 Å². The molecule has 28 heavy (non-hydrogen) atoms. The quantitative estimate of drug-likeness (QED) is 0.618. The van der Waals surface area contributed by atoms with Gasteiger partial charge in [0.25, 0.3) is 5.56 Å². The van der Waals surface area contributed by atoms with Crippen LogP contribution in [0.1, 0.15) is 35.8 Å². The van der Waals surface area contributed by atoms with E-state index in [0.29, 0.717) is 27.1 Å². The van der Waals surface area contributed by atoms with Crippen molar-refractivity contribution < 1.29 is 0 Å². The first kappa shape index (κ1) is 18.6. The SMILES string of the molecule is C=CCn1c(=O)/c(=C/c2cccs2)s/c1=C(/C#N)c1nnc2n1CCCCC2. The molecule has 3 aromatic rings. The van der Waals surface area contributed by atoms with Crippen molar-refractivity contribution in [2.75, 3.05) is 0 Å². The van der Waals surface area contributed by atoms with Crippen LogP contribution < -0.4 is 14.8 Å². The molecule has 0 saturated heterocycles. The second-order valence-corrected chi connectivity index (χ2v) is 8.53. The normalized spacial score (nSPS) is 15.6. The third-order valence-electron chi connectivity index (χ3n) is 4.69. The number of aryl methyl sites for hydroxylation is 1. The summed E-state index contributed by atoms with van der Waals surface area (Å²) in [6.45, 7) is 4.91. The second kappa shape index (κ2) is 8.09. The maximum Gasteiger partial charge on any atom is 0.269 e. The molecule has 0 fully saturated rings. The van der Waals surface area contributed by atoms with E-state index in [-0.39, 0.29) is 5.56 Å². The average molecular weight is 410 g/mol. The highest BCUT2D eigenvalue weighted by Gasteiger charge is 2.20. The summed E-state index contributed by atoms with van der Waals surface area (Å²) >= 11 is 2.90. The Kier molecular flexibility index (Phi) is 5.37. The maximum absolute atomic E-state index is 13.0. The van der Waals surface area contributed by atoms with Crippen LogP contribution in [0.3, 0.4) is 0 Å². The molecule has 6 nitrogen and oxygen atoms in total. The summed E-state index contributed by atoms with van der Waals surface area (Å²) in [7, 11) is 0. The summed E-state index contributed by atoms with van der Waals surface area (Å²) < 4.78 is 4.85. The van der Waals surface area contributed by atoms with Gasteiger partial charge in [-0.25, -0.2) is 0 Å². The Hall–Kier alpha value is -2.76. The lowest BCUT2D eigenvalue weighted by Crippen LogP contribution is -2.32. The van der Waals surface area contributed by atoms with E-state index >= 15 is 0 Å². The first-order chi connectivity index (χ1) is 13.7. The minimum Gasteiger partial charge on any atom is -0.310 e. The first-order valence-electron chi connectivity index (χ1n) is 9.15. The molecule has 0 amide bonds.